The molecule has 1 aromatic carbocycles. The minimum Gasteiger partial charge on any atom is -0.368 e. The summed E-state index contributed by atoms with van der Waals surface area (Å²) in [5.41, 5.74) is 1.90. The summed E-state index contributed by atoms with van der Waals surface area (Å²) >= 11 is 3.63. The number of hydrogen-bond acceptors (Lipinski definition) is 5. The van der Waals surface area contributed by atoms with E-state index < -0.39 is 0 Å². The monoisotopic (exact) mass is 440 g/mol. The van der Waals surface area contributed by atoms with Crippen LogP contribution >= 0.6 is 15.9 Å². The largest absolute Gasteiger partial charge is 0.368 e. The molecule has 6 heteroatoms. The number of nitriles is 1. The molecular formula is C22H25BrN4O. The van der Waals surface area contributed by atoms with Crippen LogP contribution in [0.15, 0.2) is 52.3 Å². The lowest BCUT2D eigenvalue weighted by Crippen LogP contribution is -2.52. The summed E-state index contributed by atoms with van der Waals surface area (Å²) in [6.45, 7) is 7.73. The van der Waals surface area contributed by atoms with Crippen LogP contribution in [0.1, 0.15) is 26.7 Å². The van der Waals surface area contributed by atoms with Crippen molar-refractivity contribution in [3.8, 4) is 6.19 Å². The smallest absolute Gasteiger partial charge is 0.186 e. The van der Waals surface area contributed by atoms with Crippen molar-refractivity contribution in [3.05, 3.63) is 52.3 Å². The van der Waals surface area contributed by atoms with E-state index >= 15 is 0 Å². The number of benzene rings is 1. The van der Waals surface area contributed by atoms with E-state index in [1.807, 2.05) is 12.1 Å². The Bertz CT molecular complexity index is 876. The molecule has 28 heavy (non-hydrogen) atoms. The number of anilines is 1. The summed E-state index contributed by atoms with van der Waals surface area (Å²) in [6, 6.07) is 10.3. The molecule has 1 aliphatic carbocycles. The first-order chi connectivity index (χ1) is 13.4. The van der Waals surface area contributed by atoms with Gasteiger partial charge < -0.3 is 9.80 Å². The van der Waals surface area contributed by atoms with E-state index in [9.17, 15) is 10.1 Å². The molecule has 0 N–H and O–H groups in total. The first kappa shape index (κ1) is 19.1. The molecule has 0 spiro atoms. The molecule has 2 fully saturated rings. The minimum absolute atomic E-state index is 0.0952. The lowest BCUT2D eigenvalue weighted by molar-refractivity contribution is -0.120. The van der Waals surface area contributed by atoms with Crippen LogP contribution in [0.2, 0.25) is 0 Å². The van der Waals surface area contributed by atoms with E-state index in [-0.39, 0.29) is 17.2 Å². The molecule has 1 atom stereocenters. The quantitative estimate of drug-likeness (QED) is 0.653. The summed E-state index contributed by atoms with van der Waals surface area (Å²) in [5, 5.41) is 9.95. The van der Waals surface area contributed by atoms with Gasteiger partial charge in [0.15, 0.2) is 12.0 Å². The van der Waals surface area contributed by atoms with E-state index in [2.05, 4.69) is 70.0 Å². The van der Waals surface area contributed by atoms with Gasteiger partial charge in [0.05, 0.1) is 6.04 Å². The van der Waals surface area contributed by atoms with Crippen molar-refractivity contribution < 1.29 is 4.79 Å². The predicted octanol–water partition coefficient (Wildman–Crippen LogP) is 3.85. The number of rotatable bonds is 2. The molecule has 0 aromatic heterocycles. The van der Waals surface area contributed by atoms with Gasteiger partial charge in [-0.05, 0) is 30.0 Å². The van der Waals surface area contributed by atoms with Crippen LogP contribution in [0.4, 0.5) is 5.69 Å². The van der Waals surface area contributed by atoms with E-state index in [0.29, 0.717) is 6.42 Å². The van der Waals surface area contributed by atoms with Gasteiger partial charge in [-0.25, -0.2) is 0 Å². The minimum atomic E-state index is -0.178. The number of piperazine rings is 1. The van der Waals surface area contributed by atoms with E-state index in [1.165, 1.54) is 5.69 Å². The molecule has 0 radical (unpaired) electrons. The normalized spacial score (nSPS) is 24.6. The van der Waals surface area contributed by atoms with Crippen LogP contribution < -0.4 is 4.90 Å². The second-order valence-electron chi connectivity index (χ2n) is 8.53. The van der Waals surface area contributed by atoms with E-state index in [1.54, 1.807) is 4.90 Å². The van der Waals surface area contributed by atoms with Crippen LogP contribution in [0.3, 0.4) is 0 Å². The lowest BCUT2D eigenvalue weighted by atomic mass is 9.71. The van der Waals surface area contributed by atoms with Crippen molar-refractivity contribution >= 4 is 27.4 Å². The molecule has 4 rings (SSSR count). The average molecular weight is 441 g/mol. The maximum atomic E-state index is 12.7. The first-order valence-electron chi connectivity index (χ1n) is 9.78. The molecule has 146 valence electrons. The highest BCUT2D eigenvalue weighted by Crippen LogP contribution is 2.44. The lowest BCUT2D eigenvalue weighted by Gasteiger charge is -2.46. The second-order valence-corrected chi connectivity index (χ2v) is 9.38. The number of para-hydroxylation sites is 1. The van der Waals surface area contributed by atoms with Gasteiger partial charge in [-0.2, -0.15) is 5.26 Å². The average Bonchev–Trinajstić information content (AvgIpc) is 2.67. The Labute approximate surface area is 175 Å². The van der Waals surface area contributed by atoms with Gasteiger partial charge in [-0.3, -0.25) is 9.69 Å². The number of ketones is 1. The number of fused-ring (bicyclic) bond motifs is 1. The Morgan fingerprint density at radius 2 is 1.75 bits per heavy atom. The maximum Gasteiger partial charge on any atom is 0.186 e. The SMILES string of the molecule is CC1(C)CC(=O)C2=C(Br)C=C(N3CCN(c4ccccc4)CC3)N(C#N)C2C1. The standard InChI is InChI=1S/C22H25BrN4O/c1-22(2)13-18-21(19(28)14-22)17(23)12-20(27(18)15-24)26-10-8-25(9-11-26)16-6-4-3-5-7-16/h3-7,12,18H,8-11,13-14H2,1-2H3. The molecular weight excluding hydrogens is 416 g/mol. The third-order valence-corrected chi connectivity index (χ3v) is 6.58. The second kappa shape index (κ2) is 7.29. The van der Waals surface area contributed by atoms with Crippen LogP contribution in [0.25, 0.3) is 0 Å². The number of carbonyl (C=O) groups excluding carboxylic acids is 1. The zero-order chi connectivity index (χ0) is 19.9. The summed E-state index contributed by atoms with van der Waals surface area (Å²) in [4.78, 5) is 19.1. The van der Waals surface area contributed by atoms with Crippen LogP contribution in [0.5, 0.6) is 0 Å². The zero-order valence-electron chi connectivity index (χ0n) is 16.4. The van der Waals surface area contributed by atoms with Gasteiger partial charge in [-0.15, -0.1) is 0 Å². The van der Waals surface area contributed by atoms with Gasteiger partial charge in [0.1, 0.15) is 5.82 Å². The van der Waals surface area contributed by atoms with Gasteiger partial charge in [0, 0.05) is 48.3 Å². The Morgan fingerprint density at radius 3 is 2.39 bits per heavy atom. The highest BCUT2D eigenvalue weighted by Gasteiger charge is 2.44. The number of carbonyl (C=O) groups is 1. The molecule has 2 heterocycles. The summed E-state index contributed by atoms with van der Waals surface area (Å²) in [7, 11) is 0. The van der Waals surface area contributed by atoms with Gasteiger partial charge in [-0.1, -0.05) is 48.0 Å². The molecule has 1 aromatic rings. The van der Waals surface area contributed by atoms with Crippen molar-refractivity contribution in [1.82, 2.24) is 9.80 Å². The van der Waals surface area contributed by atoms with Crippen molar-refractivity contribution in [2.24, 2.45) is 5.41 Å². The van der Waals surface area contributed by atoms with Crippen molar-refractivity contribution in [3.63, 3.8) is 0 Å². The van der Waals surface area contributed by atoms with Gasteiger partial charge >= 0.3 is 0 Å². The highest BCUT2D eigenvalue weighted by molar-refractivity contribution is 9.12. The number of nitrogens with zero attached hydrogens (tertiary/aromatic N) is 4. The molecule has 0 bridgehead atoms. The molecule has 0 amide bonds. The Kier molecular flexibility index (Phi) is 4.96. The fraction of sp³-hybridized carbons (Fsp3) is 0.455. The van der Waals surface area contributed by atoms with Gasteiger partial charge in [0.2, 0.25) is 0 Å². The maximum absolute atomic E-state index is 12.7. The van der Waals surface area contributed by atoms with Crippen LogP contribution in [0, 0.1) is 16.9 Å². The van der Waals surface area contributed by atoms with Crippen molar-refractivity contribution in [2.75, 3.05) is 31.1 Å². The van der Waals surface area contributed by atoms with Crippen molar-refractivity contribution in [1.29, 1.82) is 5.26 Å². The van der Waals surface area contributed by atoms with E-state index in [0.717, 1.165) is 48.5 Å². The molecule has 1 saturated carbocycles. The summed E-state index contributed by atoms with van der Waals surface area (Å²) in [6.07, 6.45) is 5.67. The molecule has 3 aliphatic rings. The van der Waals surface area contributed by atoms with Crippen molar-refractivity contribution in [2.45, 2.75) is 32.7 Å². The number of allylic oxidation sites excluding steroid dienone is 2. The summed E-state index contributed by atoms with van der Waals surface area (Å²) in [5.74, 6) is 1.05. The fourth-order valence-corrected chi connectivity index (χ4v) is 5.23. The highest BCUT2D eigenvalue weighted by atomic mass is 79.9. The number of Topliss-reactive ketones (excluding diaryl/α,β-unsaturated/α-hetero) is 1. The Balaban J connectivity index is 1.57. The third kappa shape index (κ3) is 3.44. The number of hydrogen-bond donors (Lipinski definition) is 0. The molecule has 1 unspecified atom stereocenters. The first-order valence-corrected chi connectivity index (χ1v) is 10.6. The zero-order valence-corrected chi connectivity index (χ0v) is 17.9. The molecule has 2 aliphatic heterocycles. The van der Waals surface area contributed by atoms with E-state index in [4.69, 9.17) is 0 Å². The topological polar surface area (TPSA) is 50.6 Å². The summed E-state index contributed by atoms with van der Waals surface area (Å²) < 4.78 is 0.838. The van der Waals surface area contributed by atoms with Gasteiger partial charge in [0.25, 0.3) is 0 Å². The predicted molar refractivity (Wildman–Crippen MR) is 114 cm³/mol. The molecule has 1 saturated heterocycles. The Morgan fingerprint density at radius 1 is 1.11 bits per heavy atom. The van der Waals surface area contributed by atoms with Crippen LogP contribution in [-0.2, 0) is 4.79 Å². The fourth-order valence-electron chi connectivity index (χ4n) is 4.54. The third-order valence-electron chi connectivity index (χ3n) is 5.92. The number of halogens is 1. The molecule has 5 nitrogen and oxygen atoms in total. The Hall–Kier alpha value is -2.26. The van der Waals surface area contributed by atoms with Crippen LogP contribution in [-0.4, -0.2) is 47.8 Å².